The van der Waals surface area contributed by atoms with Gasteiger partial charge in [0.15, 0.2) is 0 Å². The second-order valence-electron chi connectivity index (χ2n) is 5.52. The summed E-state index contributed by atoms with van der Waals surface area (Å²) in [7, 11) is 0. The quantitative estimate of drug-likeness (QED) is 0.753. The van der Waals surface area contributed by atoms with E-state index in [-0.39, 0.29) is 12.5 Å². The van der Waals surface area contributed by atoms with E-state index in [4.69, 9.17) is 5.11 Å². The van der Waals surface area contributed by atoms with Gasteiger partial charge in [0.1, 0.15) is 11.6 Å². The van der Waals surface area contributed by atoms with Crippen LogP contribution in [0.1, 0.15) is 29.8 Å². The number of rotatable bonds is 2. The molecular formula is C19H20FN3O2. The van der Waals surface area contributed by atoms with E-state index in [1.54, 1.807) is 0 Å². The van der Waals surface area contributed by atoms with Crippen molar-refractivity contribution in [3.05, 3.63) is 53.3 Å². The number of aromatic nitrogens is 2. The van der Waals surface area contributed by atoms with Crippen LogP contribution in [0.15, 0.2) is 36.4 Å². The van der Waals surface area contributed by atoms with Crippen LogP contribution in [-0.2, 0) is 13.2 Å². The molecule has 0 bridgehead atoms. The molecule has 1 aromatic heterocycles. The van der Waals surface area contributed by atoms with Crippen molar-refractivity contribution in [3.8, 4) is 11.4 Å². The van der Waals surface area contributed by atoms with Crippen molar-refractivity contribution < 1.29 is 14.3 Å². The second kappa shape index (κ2) is 7.03. The molecule has 0 fully saturated rings. The number of hydrogen-bond donors (Lipinski definition) is 2. The Bertz CT molecular complexity index is 917. The number of imidazole rings is 1. The van der Waals surface area contributed by atoms with Gasteiger partial charge in [-0.15, -0.1) is 0 Å². The Kier molecular flexibility index (Phi) is 4.81. The van der Waals surface area contributed by atoms with Gasteiger partial charge in [-0.3, -0.25) is 4.79 Å². The van der Waals surface area contributed by atoms with E-state index in [2.05, 4.69) is 10.3 Å². The molecule has 1 aliphatic rings. The molecule has 1 amide bonds. The topological polar surface area (TPSA) is 67.2 Å². The molecule has 0 aliphatic carbocycles. The molecule has 25 heavy (non-hydrogen) atoms. The monoisotopic (exact) mass is 341 g/mol. The minimum absolute atomic E-state index is 0.0233. The van der Waals surface area contributed by atoms with Crippen molar-refractivity contribution in [2.45, 2.75) is 27.0 Å². The van der Waals surface area contributed by atoms with Crippen LogP contribution in [-0.4, -0.2) is 27.1 Å². The first-order valence-corrected chi connectivity index (χ1v) is 8.35. The Morgan fingerprint density at radius 3 is 2.64 bits per heavy atom. The van der Waals surface area contributed by atoms with E-state index in [1.807, 2.05) is 42.7 Å². The zero-order valence-electron chi connectivity index (χ0n) is 14.2. The molecule has 0 atom stereocenters. The van der Waals surface area contributed by atoms with Crippen molar-refractivity contribution in [3.63, 3.8) is 0 Å². The van der Waals surface area contributed by atoms with Gasteiger partial charge >= 0.3 is 0 Å². The van der Waals surface area contributed by atoms with Crippen LogP contribution in [0.2, 0.25) is 0 Å². The summed E-state index contributed by atoms with van der Waals surface area (Å²) in [5.74, 6) is -0.0699. The van der Waals surface area contributed by atoms with Crippen molar-refractivity contribution >= 4 is 16.9 Å². The number of aliphatic hydroxyl groups is 1. The standard InChI is InChI=1S/C17H14FN3O2.C2H6/c18-12-7-13-15-14(8-12)20-16(21(15)6-5-19-17(13)23)11-3-1-10(9-22)2-4-11;1-2/h1-4,7-8,22H,5-6,9H2,(H,19,23);1-2H3. The van der Waals surface area contributed by atoms with Gasteiger partial charge in [-0.1, -0.05) is 38.1 Å². The van der Waals surface area contributed by atoms with Crippen molar-refractivity contribution in [1.82, 2.24) is 14.9 Å². The molecule has 1 aliphatic heterocycles. The predicted molar refractivity (Wildman–Crippen MR) is 94.7 cm³/mol. The highest BCUT2D eigenvalue weighted by Crippen LogP contribution is 2.29. The minimum Gasteiger partial charge on any atom is -0.392 e. The zero-order valence-corrected chi connectivity index (χ0v) is 14.2. The lowest BCUT2D eigenvalue weighted by atomic mass is 10.1. The molecule has 2 N–H and O–H groups in total. The molecule has 4 rings (SSSR count). The molecule has 2 heterocycles. The van der Waals surface area contributed by atoms with Crippen LogP contribution in [0.5, 0.6) is 0 Å². The van der Waals surface area contributed by atoms with E-state index < -0.39 is 5.82 Å². The van der Waals surface area contributed by atoms with E-state index in [1.165, 1.54) is 12.1 Å². The van der Waals surface area contributed by atoms with Gasteiger partial charge in [-0.2, -0.15) is 0 Å². The average molecular weight is 341 g/mol. The number of hydrogen-bond acceptors (Lipinski definition) is 3. The first kappa shape index (κ1) is 17.1. The maximum absolute atomic E-state index is 13.8. The van der Waals surface area contributed by atoms with Crippen LogP contribution < -0.4 is 5.32 Å². The van der Waals surface area contributed by atoms with Gasteiger partial charge < -0.3 is 15.0 Å². The molecule has 2 aromatic carbocycles. The fourth-order valence-electron chi connectivity index (χ4n) is 2.98. The summed E-state index contributed by atoms with van der Waals surface area (Å²) in [5.41, 5.74) is 3.10. The van der Waals surface area contributed by atoms with Gasteiger partial charge in [-0.25, -0.2) is 9.37 Å². The largest absolute Gasteiger partial charge is 0.392 e. The average Bonchev–Trinajstić information content (AvgIpc) is 2.92. The maximum atomic E-state index is 13.8. The molecule has 0 saturated carbocycles. The number of nitrogens with zero attached hydrogens (tertiary/aromatic N) is 2. The highest BCUT2D eigenvalue weighted by molar-refractivity contribution is 6.06. The molecular weight excluding hydrogens is 321 g/mol. The van der Waals surface area contributed by atoms with Crippen LogP contribution in [0.25, 0.3) is 22.4 Å². The number of carbonyl (C=O) groups excluding carboxylic acids is 1. The second-order valence-corrected chi connectivity index (χ2v) is 5.52. The number of carbonyl (C=O) groups is 1. The summed E-state index contributed by atoms with van der Waals surface area (Å²) in [6.45, 7) is 5.00. The van der Waals surface area contributed by atoms with Gasteiger partial charge in [0.2, 0.25) is 0 Å². The smallest absolute Gasteiger partial charge is 0.253 e. The van der Waals surface area contributed by atoms with Crippen LogP contribution in [0.4, 0.5) is 4.39 Å². The zero-order chi connectivity index (χ0) is 18.0. The summed E-state index contributed by atoms with van der Waals surface area (Å²) in [4.78, 5) is 16.7. The number of amides is 1. The van der Waals surface area contributed by atoms with Crippen LogP contribution >= 0.6 is 0 Å². The summed E-state index contributed by atoms with van der Waals surface area (Å²) >= 11 is 0. The third-order valence-corrected chi connectivity index (χ3v) is 4.07. The van der Waals surface area contributed by atoms with Crippen molar-refractivity contribution in [1.29, 1.82) is 0 Å². The Labute approximate surface area is 145 Å². The highest BCUT2D eigenvalue weighted by atomic mass is 19.1. The first-order valence-electron chi connectivity index (χ1n) is 8.35. The van der Waals surface area contributed by atoms with E-state index in [9.17, 15) is 9.18 Å². The fourth-order valence-corrected chi connectivity index (χ4v) is 2.98. The normalized spacial score (nSPS) is 13.0. The fraction of sp³-hybridized carbons (Fsp3) is 0.263. The lowest BCUT2D eigenvalue weighted by molar-refractivity contribution is 0.0956. The minimum atomic E-state index is -0.476. The number of aliphatic hydroxyl groups excluding tert-OH is 1. The molecule has 0 spiro atoms. The Hall–Kier alpha value is -2.73. The summed E-state index contributed by atoms with van der Waals surface area (Å²) < 4.78 is 15.7. The molecule has 5 nitrogen and oxygen atoms in total. The molecule has 0 radical (unpaired) electrons. The maximum Gasteiger partial charge on any atom is 0.253 e. The van der Waals surface area contributed by atoms with Gasteiger partial charge in [0.25, 0.3) is 5.91 Å². The van der Waals surface area contributed by atoms with E-state index in [0.717, 1.165) is 11.1 Å². The van der Waals surface area contributed by atoms with Crippen molar-refractivity contribution in [2.75, 3.05) is 6.54 Å². The lowest BCUT2D eigenvalue weighted by Crippen LogP contribution is -2.24. The summed E-state index contributed by atoms with van der Waals surface area (Å²) in [6.07, 6.45) is 0. The lowest BCUT2D eigenvalue weighted by Gasteiger charge is -2.07. The number of benzene rings is 2. The molecule has 0 saturated heterocycles. The Morgan fingerprint density at radius 1 is 1.24 bits per heavy atom. The number of nitrogens with one attached hydrogen (secondary N) is 1. The third kappa shape index (κ3) is 3.00. The van der Waals surface area contributed by atoms with Gasteiger partial charge in [0, 0.05) is 24.7 Å². The molecule has 6 heteroatoms. The molecule has 130 valence electrons. The van der Waals surface area contributed by atoms with Crippen molar-refractivity contribution in [2.24, 2.45) is 0 Å². The molecule has 3 aromatic rings. The Balaban J connectivity index is 0.000000880. The van der Waals surface area contributed by atoms with E-state index >= 15 is 0 Å². The van der Waals surface area contributed by atoms with E-state index in [0.29, 0.717) is 35.5 Å². The highest BCUT2D eigenvalue weighted by Gasteiger charge is 2.23. The van der Waals surface area contributed by atoms with Gasteiger partial charge in [-0.05, 0) is 11.6 Å². The predicted octanol–water partition coefficient (Wildman–Crippen LogP) is 3.10. The SMILES string of the molecule is CC.O=C1NCCn2c(-c3ccc(CO)cc3)nc3cc(F)cc1c32. The number of halogens is 1. The first-order chi connectivity index (χ1) is 12.2. The third-order valence-electron chi connectivity index (χ3n) is 4.07. The van der Waals surface area contributed by atoms with Crippen LogP contribution in [0.3, 0.4) is 0 Å². The van der Waals surface area contributed by atoms with Crippen LogP contribution in [0, 0.1) is 5.82 Å². The van der Waals surface area contributed by atoms with Gasteiger partial charge in [0.05, 0.1) is 23.2 Å². The molecule has 0 unspecified atom stereocenters. The summed E-state index contributed by atoms with van der Waals surface area (Å²) in [5, 5.41) is 11.9. The summed E-state index contributed by atoms with van der Waals surface area (Å²) in [6, 6.07) is 9.98. The Morgan fingerprint density at radius 2 is 1.96 bits per heavy atom.